The number of hydrogen-bond acceptors (Lipinski definition) is 5. The Morgan fingerprint density at radius 3 is 2.05 bits per heavy atom. The van der Waals surface area contributed by atoms with Gasteiger partial charge in [-0.3, -0.25) is 0 Å². The van der Waals surface area contributed by atoms with Gasteiger partial charge in [-0.2, -0.15) is 0 Å². The molecule has 0 bridgehead atoms. The summed E-state index contributed by atoms with van der Waals surface area (Å²) in [6.45, 7) is 2.88. The molecule has 0 aliphatic carbocycles. The van der Waals surface area contributed by atoms with Crippen LogP contribution in [0.5, 0.6) is 5.75 Å². The van der Waals surface area contributed by atoms with Gasteiger partial charge in [0, 0.05) is 13.2 Å². The van der Waals surface area contributed by atoms with E-state index in [9.17, 15) is 4.79 Å². The average Bonchev–Trinajstić information content (AvgIpc) is 2.46. The van der Waals surface area contributed by atoms with Gasteiger partial charge in [-0.1, -0.05) is 13.3 Å². The van der Waals surface area contributed by atoms with Gasteiger partial charge in [0.1, 0.15) is 5.75 Å². The number of carbonyl (C=O) groups excluding carboxylic acids is 1. The Balaban J connectivity index is 0.000000511. The third-order valence-corrected chi connectivity index (χ3v) is 2.40. The van der Waals surface area contributed by atoms with Gasteiger partial charge in [-0.05, 0) is 43.5 Å². The number of aromatic hydroxyl groups is 1. The number of carbonyl (C=O) groups is 1. The summed E-state index contributed by atoms with van der Waals surface area (Å²) in [4.78, 5) is 11.3. The van der Waals surface area contributed by atoms with E-state index < -0.39 is 0 Å². The summed E-state index contributed by atoms with van der Waals surface area (Å²) in [7, 11) is 0. The van der Waals surface area contributed by atoms with E-state index in [0.717, 1.165) is 25.7 Å². The molecule has 0 aromatic heterocycles. The fourth-order valence-corrected chi connectivity index (χ4v) is 1.21. The summed E-state index contributed by atoms with van der Waals surface area (Å²) < 4.78 is 4.99. The molecule has 0 fully saturated rings. The zero-order valence-corrected chi connectivity index (χ0v) is 11.9. The Labute approximate surface area is 119 Å². The lowest BCUT2D eigenvalue weighted by Gasteiger charge is -2.03. The number of rotatable bonds is 7. The molecule has 0 saturated heterocycles. The largest absolute Gasteiger partial charge is 0.508 e. The second kappa shape index (κ2) is 12.4. The lowest BCUT2D eigenvalue weighted by molar-refractivity contribution is 0.0499. The van der Waals surface area contributed by atoms with Crippen molar-refractivity contribution < 1.29 is 24.9 Å². The minimum absolute atomic E-state index is 0.148. The maximum absolute atomic E-state index is 11.3. The van der Waals surface area contributed by atoms with Crippen molar-refractivity contribution in [1.29, 1.82) is 0 Å². The summed E-state index contributed by atoms with van der Waals surface area (Å²) in [5.41, 5.74) is 0.471. The third kappa shape index (κ3) is 9.35. The van der Waals surface area contributed by atoms with Crippen LogP contribution in [0.15, 0.2) is 24.3 Å². The van der Waals surface area contributed by atoms with Crippen LogP contribution in [-0.4, -0.2) is 41.1 Å². The highest BCUT2D eigenvalue weighted by Crippen LogP contribution is 2.10. The van der Waals surface area contributed by atoms with Gasteiger partial charge in [-0.25, -0.2) is 4.79 Å². The molecule has 1 aromatic rings. The molecule has 20 heavy (non-hydrogen) atoms. The molecular formula is C15H24O5. The molecule has 3 N–H and O–H groups in total. The van der Waals surface area contributed by atoms with Crippen LogP contribution in [-0.2, 0) is 4.74 Å². The molecular weight excluding hydrogens is 260 g/mol. The summed E-state index contributed by atoms with van der Waals surface area (Å²) >= 11 is 0. The molecule has 0 unspecified atom stereocenters. The number of ether oxygens (including phenoxy) is 1. The average molecular weight is 284 g/mol. The second-order valence-corrected chi connectivity index (χ2v) is 4.19. The molecule has 0 amide bonds. The first-order chi connectivity index (χ1) is 9.65. The van der Waals surface area contributed by atoms with E-state index in [-0.39, 0.29) is 24.9 Å². The number of phenolic OH excluding ortho intramolecular Hbond substituents is 1. The molecule has 0 spiro atoms. The topological polar surface area (TPSA) is 87.0 Å². The Hall–Kier alpha value is -1.59. The van der Waals surface area contributed by atoms with Crippen molar-refractivity contribution in [1.82, 2.24) is 0 Å². The Morgan fingerprint density at radius 2 is 1.60 bits per heavy atom. The van der Waals surface area contributed by atoms with Crippen LogP contribution in [0.2, 0.25) is 0 Å². The van der Waals surface area contributed by atoms with E-state index in [1.807, 2.05) is 6.92 Å². The molecule has 0 saturated carbocycles. The number of aliphatic hydroxyl groups is 2. The highest BCUT2D eigenvalue weighted by Gasteiger charge is 2.05. The number of hydrogen-bond donors (Lipinski definition) is 3. The van der Waals surface area contributed by atoms with Gasteiger partial charge < -0.3 is 20.1 Å². The Morgan fingerprint density at radius 1 is 1.05 bits per heavy atom. The van der Waals surface area contributed by atoms with Crippen LogP contribution in [0.25, 0.3) is 0 Å². The number of aliphatic hydroxyl groups excluding tert-OH is 2. The van der Waals surface area contributed by atoms with Gasteiger partial charge in [0.2, 0.25) is 0 Å². The van der Waals surface area contributed by atoms with Crippen molar-refractivity contribution in [2.45, 2.75) is 32.6 Å². The van der Waals surface area contributed by atoms with E-state index >= 15 is 0 Å². The number of benzene rings is 1. The number of phenols is 1. The zero-order chi connectivity index (χ0) is 15.2. The molecule has 5 heteroatoms. The van der Waals surface area contributed by atoms with E-state index in [4.69, 9.17) is 20.1 Å². The van der Waals surface area contributed by atoms with Crippen molar-refractivity contribution in [3.63, 3.8) is 0 Å². The SMILES string of the molecule is CCCCOC(=O)c1ccc(O)cc1.OCCCCO. The fraction of sp³-hybridized carbons (Fsp3) is 0.533. The predicted molar refractivity (Wildman–Crippen MR) is 76.7 cm³/mol. The van der Waals surface area contributed by atoms with Gasteiger partial charge in [-0.15, -0.1) is 0 Å². The lowest BCUT2D eigenvalue weighted by atomic mass is 10.2. The highest BCUT2D eigenvalue weighted by atomic mass is 16.5. The van der Waals surface area contributed by atoms with E-state index in [2.05, 4.69) is 0 Å². The van der Waals surface area contributed by atoms with Gasteiger partial charge in [0.15, 0.2) is 0 Å². The van der Waals surface area contributed by atoms with Crippen molar-refractivity contribution in [3.05, 3.63) is 29.8 Å². The molecule has 0 atom stereocenters. The summed E-state index contributed by atoms with van der Waals surface area (Å²) in [6, 6.07) is 6.03. The van der Waals surface area contributed by atoms with Gasteiger partial charge in [0.25, 0.3) is 0 Å². The molecule has 0 heterocycles. The van der Waals surface area contributed by atoms with Crippen LogP contribution < -0.4 is 0 Å². The Bertz CT molecular complexity index is 344. The molecule has 0 radical (unpaired) electrons. The van der Waals surface area contributed by atoms with Crippen LogP contribution in [0.1, 0.15) is 43.0 Å². The van der Waals surface area contributed by atoms with Crippen molar-refractivity contribution in [3.8, 4) is 5.75 Å². The first kappa shape index (κ1) is 18.4. The highest BCUT2D eigenvalue weighted by molar-refractivity contribution is 5.89. The van der Waals surface area contributed by atoms with Crippen LogP contribution in [0, 0.1) is 0 Å². The molecule has 1 aromatic carbocycles. The van der Waals surface area contributed by atoms with Crippen molar-refractivity contribution in [2.75, 3.05) is 19.8 Å². The standard InChI is InChI=1S/C11H14O3.C4H10O2/c1-2-3-8-14-11(13)9-4-6-10(12)7-5-9;5-3-1-2-4-6/h4-7,12H,2-3,8H2,1H3;5-6H,1-4H2. The smallest absolute Gasteiger partial charge is 0.338 e. The maximum Gasteiger partial charge on any atom is 0.338 e. The molecule has 0 aliphatic heterocycles. The minimum atomic E-state index is -0.335. The molecule has 1 rings (SSSR count). The number of esters is 1. The van der Waals surface area contributed by atoms with E-state index in [0.29, 0.717) is 12.2 Å². The molecule has 114 valence electrons. The fourth-order valence-electron chi connectivity index (χ4n) is 1.21. The van der Waals surface area contributed by atoms with E-state index in [1.165, 1.54) is 12.1 Å². The minimum Gasteiger partial charge on any atom is -0.508 e. The van der Waals surface area contributed by atoms with Crippen molar-refractivity contribution in [2.24, 2.45) is 0 Å². The van der Waals surface area contributed by atoms with Gasteiger partial charge >= 0.3 is 5.97 Å². The predicted octanol–water partition coefficient (Wildman–Crippen LogP) is 2.10. The monoisotopic (exact) mass is 284 g/mol. The quantitative estimate of drug-likeness (QED) is 0.527. The Kier molecular flexibility index (Phi) is 11.5. The van der Waals surface area contributed by atoms with E-state index in [1.54, 1.807) is 12.1 Å². The van der Waals surface area contributed by atoms with Crippen LogP contribution in [0.3, 0.4) is 0 Å². The molecule has 0 aliphatic rings. The first-order valence-electron chi connectivity index (χ1n) is 6.83. The van der Waals surface area contributed by atoms with Crippen LogP contribution >= 0.6 is 0 Å². The lowest BCUT2D eigenvalue weighted by Crippen LogP contribution is -2.05. The third-order valence-electron chi connectivity index (χ3n) is 2.40. The van der Waals surface area contributed by atoms with Crippen LogP contribution in [0.4, 0.5) is 0 Å². The zero-order valence-electron chi connectivity index (χ0n) is 11.9. The van der Waals surface area contributed by atoms with Gasteiger partial charge in [0.05, 0.1) is 12.2 Å². The second-order valence-electron chi connectivity index (χ2n) is 4.19. The summed E-state index contributed by atoms with van der Waals surface area (Å²) in [5, 5.41) is 25.2. The first-order valence-corrected chi connectivity index (χ1v) is 6.83. The number of unbranched alkanes of at least 4 members (excludes halogenated alkanes) is 2. The maximum atomic E-state index is 11.3. The summed E-state index contributed by atoms with van der Waals surface area (Å²) in [6.07, 6.45) is 3.32. The van der Waals surface area contributed by atoms with Crippen molar-refractivity contribution >= 4 is 5.97 Å². The molecule has 5 nitrogen and oxygen atoms in total. The normalized spacial score (nSPS) is 9.55. The summed E-state index contributed by atoms with van der Waals surface area (Å²) in [5.74, 6) is -0.187.